The van der Waals surface area contributed by atoms with Crippen molar-refractivity contribution in [2.45, 2.75) is 19.3 Å². The van der Waals surface area contributed by atoms with E-state index in [0.717, 1.165) is 28.4 Å². The number of anilines is 1. The van der Waals surface area contributed by atoms with Gasteiger partial charge in [0.05, 0.1) is 12.8 Å². The Morgan fingerprint density at radius 1 is 1.41 bits per heavy atom. The number of nitrogens with one attached hydrogen (secondary N) is 1. The molecule has 3 heteroatoms. The Kier molecular flexibility index (Phi) is 4.49. The maximum absolute atomic E-state index is 5.23. The van der Waals surface area contributed by atoms with Crippen LogP contribution in [0.15, 0.2) is 34.8 Å². The van der Waals surface area contributed by atoms with Crippen LogP contribution in [0.25, 0.3) is 0 Å². The summed E-state index contributed by atoms with van der Waals surface area (Å²) in [4.78, 5) is 0. The van der Waals surface area contributed by atoms with Gasteiger partial charge in [-0.05, 0) is 53.2 Å². The first-order valence-electron chi connectivity index (χ1n) is 6.02. The zero-order chi connectivity index (χ0) is 12.1. The van der Waals surface area contributed by atoms with Crippen molar-refractivity contribution in [3.05, 3.63) is 34.8 Å². The molecule has 1 aliphatic rings. The van der Waals surface area contributed by atoms with Gasteiger partial charge in [-0.25, -0.2) is 0 Å². The van der Waals surface area contributed by atoms with E-state index in [2.05, 4.69) is 33.4 Å². The van der Waals surface area contributed by atoms with Crippen molar-refractivity contribution in [1.29, 1.82) is 0 Å². The first-order valence-corrected chi connectivity index (χ1v) is 6.81. The molecule has 0 saturated heterocycles. The van der Waals surface area contributed by atoms with Gasteiger partial charge in [0, 0.05) is 17.1 Å². The van der Waals surface area contributed by atoms with Crippen molar-refractivity contribution in [2.75, 3.05) is 19.0 Å². The number of rotatable bonds is 4. The smallest absolute Gasteiger partial charge is 0.121 e. The van der Waals surface area contributed by atoms with Crippen LogP contribution in [0.1, 0.15) is 19.3 Å². The van der Waals surface area contributed by atoms with E-state index >= 15 is 0 Å². The second kappa shape index (κ2) is 6.10. The van der Waals surface area contributed by atoms with E-state index in [0.29, 0.717) is 0 Å². The van der Waals surface area contributed by atoms with Crippen LogP contribution < -0.4 is 10.1 Å². The highest BCUT2D eigenvalue weighted by Gasteiger charge is 2.10. The topological polar surface area (TPSA) is 21.3 Å². The van der Waals surface area contributed by atoms with Crippen LogP contribution in [0, 0.1) is 5.92 Å². The number of methoxy groups -OCH3 is 1. The Hall–Kier alpha value is -0.960. The molecule has 2 rings (SSSR count). The van der Waals surface area contributed by atoms with E-state index in [1.807, 2.05) is 18.2 Å². The Morgan fingerprint density at radius 3 is 3.00 bits per heavy atom. The Labute approximate surface area is 111 Å². The number of halogens is 1. The van der Waals surface area contributed by atoms with Gasteiger partial charge in [-0.3, -0.25) is 0 Å². The van der Waals surface area contributed by atoms with E-state index in [1.165, 1.54) is 19.3 Å². The van der Waals surface area contributed by atoms with Gasteiger partial charge in [-0.15, -0.1) is 0 Å². The summed E-state index contributed by atoms with van der Waals surface area (Å²) in [5.74, 6) is 1.64. The number of benzene rings is 1. The standard InChI is InChI=1S/C14H18BrNO/c1-17-12-7-8-13(15)14(9-12)16-10-11-5-3-2-4-6-11/h2-3,7-9,11,16H,4-6,10H2,1H3. The number of hydrogen-bond donors (Lipinski definition) is 1. The lowest BCUT2D eigenvalue weighted by Gasteiger charge is -2.19. The Bertz CT molecular complexity index is 403. The van der Waals surface area contributed by atoms with Gasteiger partial charge in [0.25, 0.3) is 0 Å². The summed E-state index contributed by atoms with van der Waals surface area (Å²) in [5.41, 5.74) is 1.11. The molecule has 0 heterocycles. The summed E-state index contributed by atoms with van der Waals surface area (Å²) in [5, 5.41) is 3.50. The highest BCUT2D eigenvalue weighted by atomic mass is 79.9. The molecule has 0 fully saturated rings. The van der Waals surface area contributed by atoms with Crippen molar-refractivity contribution in [3.8, 4) is 5.75 Å². The molecule has 0 saturated carbocycles. The molecule has 0 spiro atoms. The van der Waals surface area contributed by atoms with E-state index in [-0.39, 0.29) is 0 Å². The third kappa shape index (κ3) is 3.50. The quantitative estimate of drug-likeness (QED) is 0.840. The van der Waals surface area contributed by atoms with E-state index in [9.17, 15) is 0 Å². The molecule has 1 aromatic carbocycles. The number of hydrogen-bond acceptors (Lipinski definition) is 2. The summed E-state index contributed by atoms with van der Waals surface area (Å²) < 4.78 is 6.32. The summed E-state index contributed by atoms with van der Waals surface area (Å²) in [7, 11) is 1.69. The Morgan fingerprint density at radius 2 is 2.29 bits per heavy atom. The maximum atomic E-state index is 5.23. The molecule has 1 N–H and O–H groups in total. The summed E-state index contributed by atoms with van der Waals surface area (Å²) in [6.45, 7) is 1.02. The second-order valence-corrected chi connectivity index (χ2v) is 5.23. The maximum Gasteiger partial charge on any atom is 0.121 e. The predicted octanol–water partition coefficient (Wildman–Crippen LogP) is 4.23. The fraction of sp³-hybridized carbons (Fsp3) is 0.429. The largest absolute Gasteiger partial charge is 0.497 e. The molecule has 92 valence electrons. The van der Waals surface area contributed by atoms with Crippen LogP contribution >= 0.6 is 15.9 Å². The molecule has 1 aliphatic carbocycles. The molecular weight excluding hydrogens is 278 g/mol. The third-order valence-electron chi connectivity index (χ3n) is 3.13. The molecule has 2 nitrogen and oxygen atoms in total. The lowest BCUT2D eigenvalue weighted by atomic mass is 9.94. The summed E-state index contributed by atoms with van der Waals surface area (Å²) in [6, 6.07) is 6.00. The first kappa shape index (κ1) is 12.5. The normalized spacial score (nSPS) is 19.1. The van der Waals surface area contributed by atoms with Gasteiger partial charge in [0.1, 0.15) is 5.75 Å². The molecule has 1 aromatic rings. The van der Waals surface area contributed by atoms with Gasteiger partial charge >= 0.3 is 0 Å². The number of ether oxygens (including phenoxy) is 1. The van der Waals surface area contributed by atoms with Crippen LogP contribution in [0.2, 0.25) is 0 Å². The van der Waals surface area contributed by atoms with Gasteiger partial charge < -0.3 is 10.1 Å². The van der Waals surface area contributed by atoms with Crippen molar-refractivity contribution in [1.82, 2.24) is 0 Å². The van der Waals surface area contributed by atoms with Gasteiger partial charge in [-0.1, -0.05) is 12.2 Å². The summed E-state index contributed by atoms with van der Waals surface area (Å²) in [6.07, 6.45) is 8.25. The highest BCUT2D eigenvalue weighted by Crippen LogP contribution is 2.28. The van der Waals surface area contributed by atoms with E-state index < -0.39 is 0 Å². The summed E-state index contributed by atoms with van der Waals surface area (Å²) >= 11 is 3.55. The first-order chi connectivity index (χ1) is 8.29. The lowest BCUT2D eigenvalue weighted by Crippen LogP contribution is -2.15. The van der Waals surface area contributed by atoms with Gasteiger partial charge in [0.15, 0.2) is 0 Å². The van der Waals surface area contributed by atoms with Crippen LogP contribution in [-0.2, 0) is 0 Å². The minimum absolute atomic E-state index is 0.748. The molecule has 1 atom stereocenters. The zero-order valence-electron chi connectivity index (χ0n) is 10.1. The van der Waals surface area contributed by atoms with E-state index in [4.69, 9.17) is 4.74 Å². The average Bonchev–Trinajstić information content (AvgIpc) is 2.39. The second-order valence-electron chi connectivity index (χ2n) is 4.38. The van der Waals surface area contributed by atoms with Gasteiger partial charge in [0.2, 0.25) is 0 Å². The van der Waals surface area contributed by atoms with Crippen molar-refractivity contribution in [2.24, 2.45) is 5.92 Å². The van der Waals surface area contributed by atoms with Gasteiger partial charge in [-0.2, -0.15) is 0 Å². The van der Waals surface area contributed by atoms with Crippen molar-refractivity contribution < 1.29 is 4.74 Å². The molecular formula is C14H18BrNO. The molecule has 0 aliphatic heterocycles. The van der Waals surface area contributed by atoms with Crippen molar-refractivity contribution in [3.63, 3.8) is 0 Å². The fourth-order valence-electron chi connectivity index (χ4n) is 2.06. The van der Waals surface area contributed by atoms with Crippen LogP contribution in [0.3, 0.4) is 0 Å². The monoisotopic (exact) mass is 295 g/mol. The van der Waals surface area contributed by atoms with Crippen LogP contribution in [-0.4, -0.2) is 13.7 Å². The number of allylic oxidation sites excluding steroid dienone is 2. The lowest BCUT2D eigenvalue weighted by molar-refractivity contribution is 0.415. The fourth-order valence-corrected chi connectivity index (χ4v) is 2.45. The molecule has 0 amide bonds. The predicted molar refractivity (Wildman–Crippen MR) is 75.7 cm³/mol. The highest BCUT2D eigenvalue weighted by molar-refractivity contribution is 9.10. The molecule has 1 unspecified atom stereocenters. The van der Waals surface area contributed by atoms with Crippen molar-refractivity contribution >= 4 is 21.6 Å². The van der Waals surface area contributed by atoms with Crippen LogP contribution in [0.5, 0.6) is 5.75 Å². The molecule has 0 aromatic heterocycles. The third-order valence-corrected chi connectivity index (χ3v) is 3.82. The zero-order valence-corrected chi connectivity index (χ0v) is 11.7. The Balaban J connectivity index is 1.95. The SMILES string of the molecule is COc1ccc(Br)c(NCC2CC=CCC2)c1. The molecule has 0 radical (unpaired) electrons. The van der Waals surface area contributed by atoms with Crippen LogP contribution in [0.4, 0.5) is 5.69 Å². The van der Waals surface area contributed by atoms with E-state index in [1.54, 1.807) is 7.11 Å². The minimum Gasteiger partial charge on any atom is -0.497 e. The molecule has 0 bridgehead atoms. The average molecular weight is 296 g/mol. The minimum atomic E-state index is 0.748. The molecule has 17 heavy (non-hydrogen) atoms.